The van der Waals surface area contributed by atoms with Gasteiger partial charge in [-0.2, -0.15) is 31.8 Å². The summed E-state index contributed by atoms with van der Waals surface area (Å²) in [5.41, 5.74) is -4.46. The highest BCUT2D eigenvalue weighted by molar-refractivity contribution is 7.88. The number of fused-ring (bicyclic) bond motifs is 1. The highest BCUT2D eigenvalue weighted by Gasteiger charge is 2.48. The first-order chi connectivity index (χ1) is 11.7. The summed E-state index contributed by atoms with van der Waals surface area (Å²) in [6, 6.07) is 2.53. The molecule has 12 heteroatoms. The van der Waals surface area contributed by atoms with Gasteiger partial charge >= 0.3 is 15.6 Å². The normalized spacial score (nSPS) is 11.9. The lowest BCUT2D eigenvalue weighted by Crippen LogP contribution is -2.28. The summed E-state index contributed by atoms with van der Waals surface area (Å²) >= 11 is 0. The molecule has 7 nitrogen and oxygen atoms in total. The minimum atomic E-state index is -5.78. The zero-order valence-electron chi connectivity index (χ0n) is 12.9. The zero-order chi connectivity index (χ0) is 18.8. The lowest BCUT2D eigenvalue weighted by molar-refractivity contribution is -0.0499. The summed E-state index contributed by atoms with van der Waals surface area (Å²) in [6.07, 6.45) is 5.94. The van der Waals surface area contributed by atoms with Crippen LogP contribution in [0.4, 0.5) is 17.6 Å². The number of pyridine rings is 1. The van der Waals surface area contributed by atoms with Crippen molar-refractivity contribution in [1.82, 2.24) is 19.4 Å². The van der Waals surface area contributed by atoms with Crippen LogP contribution in [-0.2, 0) is 17.2 Å². The van der Waals surface area contributed by atoms with E-state index in [-0.39, 0.29) is 5.52 Å². The molecule has 3 aromatic heterocycles. The molecule has 0 bridgehead atoms. The molecule has 0 radical (unpaired) electrons. The molecule has 0 N–H and O–H groups in total. The number of nitrogens with zero attached hydrogens (tertiary/aromatic N) is 4. The van der Waals surface area contributed by atoms with E-state index in [4.69, 9.17) is 0 Å². The first kappa shape index (κ1) is 18.7. The Morgan fingerprint density at radius 1 is 1.12 bits per heavy atom. The summed E-state index contributed by atoms with van der Waals surface area (Å²) in [5, 5.41) is 7.85. The first-order valence-electron chi connectivity index (χ1n) is 6.52. The van der Waals surface area contributed by atoms with Crippen LogP contribution < -0.4 is 4.18 Å². The smallest absolute Gasteiger partial charge is 0.374 e. The van der Waals surface area contributed by atoms with Gasteiger partial charge in [0, 0.05) is 30.6 Å². The second kappa shape index (κ2) is 6.70. The van der Waals surface area contributed by atoms with E-state index in [0.29, 0.717) is 18.3 Å². The Kier molecular flexibility index (Phi) is 5.02. The van der Waals surface area contributed by atoms with E-state index in [1.165, 1.54) is 39.9 Å². The van der Waals surface area contributed by atoms with Gasteiger partial charge in [-0.15, -0.1) is 0 Å². The Morgan fingerprint density at radius 2 is 1.80 bits per heavy atom. The maximum absolute atomic E-state index is 12.5. The predicted octanol–water partition coefficient (Wildman–Crippen LogP) is 2.55. The molecule has 0 spiro atoms. The van der Waals surface area contributed by atoms with Gasteiger partial charge in [0.15, 0.2) is 5.75 Å². The highest BCUT2D eigenvalue weighted by atomic mass is 32.2. The third-order valence-corrected chi connectivity index (χ3v) is 3.96. The molecule has 0 aliphatic rings. The molecule has 0 aliphatic carbocycles. The van der Waals surface area contributed by atoms with E-state index >= 15 is 0 Å². The lowest BCUT2D eigenvalue weighted by Gasteiger charge is -2.11. The molecule has 0 aromatic carbocycles. The topological polar surface area (TPSA) is 78.5 Å². The van der Waals surface area contributed by atoms with Crippen molar-refractivity contribution >= 4 is 15.6 Å². The molecule has 0 fully saturated rings. The van der Waals surface area contributed by atoms with E-state index in [0.717, 1.165) is 0 Å². The molecule has 0 saturated heterocycles. The fourth-order valence-electron chi connectivity index (χ4n) is 1.96. The van der Waals surface area contributed by atoms with Gasteiger partial charge < -0.3 is 4.18 Å². The molecule has 0 atom stereocenters. The number of halogens is 4. The number of aromatic nitrogens is 4. The van der Waals surface area contributed by atoms with Gasteiger partial charge in [0.05, 0.1) is 19.6 Å². The Labute approximate surface area is 139 Å². The summed E-state index contributed by atoms with van der Waals surface area (Å²) < 4.78 is 76.5. The number of alkyl halides is 4. The van der Waals surface area contributed by atoms with Gasteiger partial charge in [-0.25, -0.2) is 4.52 Å². The molecule has 3 heterocycles. The van der Waals surface area contributed by atoms with Crippen molar-refractivity contribution in [2.45, 2.75) is 5.51 Å². The Hall–Kier alpha value is -2.63. The third kappa shape index (κ3) is 3.73. The van der Waals surface area contributed by atoms with Crippen LogP contribution in [0.3, 0.4) is 0 Å². The SMILES string of the molecule is CF.Cn1cc(-c2cc(OS(=O)(=O)C(F)(F)F)c3ccnn3c2)cn1. The maximum atomic E-state index is 12.5. The fourth-order valence-corrected chi connectivity index (χ4v) is 2.42. The third-order valence-electron chi connectivity index (χ3n) is 2.99. The molecular formula is C13H12F4N4O3S. The van der Waals surface area contributed by atoms with Crippen LogP contribution in [0.2, 0.25) is 0 Å². The van der Waals surface area contributed by atoms with E-state index in [2.05, 4.69) is 14.4 Å². The van der Waals surface area contributed by atoms with Crippen molar-refractivity contribution in [3.8, 4) is 16.9 Å². The van der Waals surface area contributed by atoms with E-state index in [1.54, 1.807) is 13.2 Å². The van der Waals surface area contributed by atoms with Gasteiger partial charge in [0.2, 0.25) is 0 Å². The van der Waals surface area contributed by atoms with Crippen molar-refractivity contribution in [3.63, 3.8) is 0 Å². The summed E-state index contributed by atoms with van der Waals surface area (Å²) in [6.45, 7) is 0. The Morgan fingerprint density at radius 3 is 2.36 bits per heavy atom. The molecule has 3 rings (SSSR count). The Balaban J connectivity index is 0.00000109. The molecule has 0 aliphatic heterocycles. The average molecular weight is 380 g/mol. The van der Waals surface area contributed by atoms with Crippen LogP contribution in [0.25, 0.3) is 16.6 Å². The maximum Gasteiger partial charge on any atom is 0.534 e. The van der Waals surface area contributed by atoms with Crippen LogP contribution in [0.1, 0.15) is 0 Å². The number of rotatable bonds is 3. The second-order valence-corrected chi connectivity index (χ2v) is 6.18. The monoisotopic (exact) mass is 380 g/mol. The molecule has 25 heavy (non-hydrogen) atoms. The molecule has 0 amide bonds. The summed E-state index contributed by atoms with van der Waals surface area (Å²) in [7, 11) is -3.61. The van der Waals surface area contributed by atoms with Crippen LogP contribution in [0.5, 0.6) is 5.75 Å². The summed E-state index contributed by atoms with van der Waals surface area (Å²) in [5.74, 6) is -0.471. The summed E-state index contributed by atoms with van der Waals surface area (Å²) in [4.78, 5) is 0. The minimum absolute atomic E-state index is 0.0884. The molecule has 136 valence electrons. The number of hydrogen-bond acceptors (Lipinski definition) is 5. The number of hydrogen-bond donors (Lipinski definition) is 0. The molecule has 0 saturated carbocycles. The number of aryl methyl sites for hydroxylation is 1. The highest BCUT2D eigenvalue weighted by Crippen LogP contribution is 2.32. The zero-order valence-corrected chi connectivity index (χ0v) is 13.7. The molecule has 3 aromatic rings. The first-order valence-corrected chi connectivity index (χ1v) is 7.93. The van der Waals surface area contributed by atoms with E-state index in [1.807, 2.05) is 0 Å². The van der Waals surface area contributed by atoms with Gasteiger partial charge in [-0.1, -0.05) is 0 Å². The standard InChI is InChI=1S/C12H9F3N4O3S.CH3F/c1-18-6-9(5-17-18)8-4-11(10-2-3-16-19(10)7-8)22-23(20,21)12(13,14)15;1-2/h2-7H,1H3;1H3. The van der Waals surface area contributed by atoms with E-state index < -0.39 is 21.4 Å². The predicted molar refractivity (Wildman–Crippen MR) is 80.0 cm³/mol. The average Bonchev–Trinajstić information content (AvgIpc) is 3.16. The van der Waals surface area contributed by atoms with Crippen molar-refractivity contribution in [3.05, 3.63) is 36.9 Å². The van der Waals surface area contributed by atoms with Crippen LogP contribution in [-0.4, -0.2) is 40.5 Å². The largest absolute Gasteiger partial charge is 0.534 e. The van der Waals surface area contributed by atoms with Crippen molar-refractivity contribution in [1.29, 1.82) is 0 Å². The van der Waals surface area contributed by atoms with Crippen molar-refractivity contribution < 1.29 is 30.2 Å². The quantitative estimate of drug-likeness (QED) is 0.396. The van der Waals surface area contributed by atoms with Crippen LogP contribution in [0, 0.1) is 0 Å². The van der Waals surface area contributed by atoms with Gasteiger partial charge in [0.25, 0.3) is 0 Å². The lowest BCUT2D eigenvalue weighted by atomic mass is 10.1. The van der Waals surface area contributed by atoms with Crippen LogP contribution in [0.15, 0.2) is 36.9 Å². The van der Waals surface area contributed by atoms with Gasteiger partial charge in [-0.3, -0.25) is 9.07 Å². The van der Waals surface area contributed by atoms with Crippen molar-refractivity contribution in [2.24, 2.45) is 7.05 Å². The van der Waals surface area contributed by atoms with E-state index in [9.17, 15) is 26.0 Å². The molecule has 0 unspecified atom stereocenters. The second-order valence-electron chi connectivity index (χ2n) is 4.64. The van der Waals surface area contributed by atoms with Gasteiger partial charge in [0.1, 0.15) is 5.52 Å². The Bertz CT molecular complexity index is 979. The fraction of sp³-hybridized carbons (Fsp3) is 0.231. The minimum Gasteiger partial charge on any atom is -0.374 e. The molecular weight excluding hydrogens is 368 g/mol. The van der Waals surface area contributed by atoms with Crippen LogP contribution >= 0.6 is 0 Å². The van der Waals surface area contributed by atoms with Gasteiger partial charge in [-0.05, 0) is 12.1 Å². The van der Waals surface area contributed by atoms with Crippen molar-refractivity contribution in [2.75, 3.05) is 7.18 Å².